The molecule has 0 bridgehead atoms. The van der Waals surface area contributed by atoms with E-state index in [1.54, 1.807) is 10.5 Å². The van der Waals surface area contributed by atoms with Crippen molar-refractivity contribution in [2.45, 2.75) is 31.9 Å². The normalized spacial score (nSPS) is 12.0. The Morgan fingerprint density at radius 3 is 2.48 bits per heavy atom. The van der Waals surface area contributed by atoms with Gasteiger partial charge >= 0.3 is 6.18 Å². The van der Waals surface area contributed by atoms with Crippen molar-refractivity contribution >= 4 is 22.5 Å². The Kier molecular flexibility index (Phi) is 6.28. The van der Waals surface area contributed by atoms with Crippen LogP contribution in [-0.4, -0.2) is 37.7 Å². The second-order valence-electron chi connectivity index (χ2n) is 7.80. The van der Waals surface area contributed by atoms with Gasteiger partial charge in [0.1, 0.15) is 0 Å². The molecule has 0 saturated carbocycles. The molecule has 0 aliphatic rings. The molecule has 0 unspecified atom stereocenters. The van der Waals surface area contributed by atoms with Crippen LogP contribution >= 0.6 is 0 Å². The standard InChI is InChI=1S/C23H24F3N5O2/c24-23(25,26)15-6-7-16-17(12-15)31-18(14-5-8-19(32)20(33)11-14)13-29-22(31)21(30-16)28-10-4-2-1-3-9-27/h5-8,11-13,32-33H,1-4,9-10,27H2,(H,28,30). The molecule has 174 valence electrons. The average Bonchev–Trinajstić information content (AvgIpc) is 3.23. The first-order valence-electron chi connectivity index (χ1n) is 10.6. The molecule has 2 heterocycles. The molecule has 4 aromatic rings. The summed E-state index contributed by atoms with van der Waals surface area (Å²) in [6.07, 6.45) is 0.862. The highest BCUT2D eigenvalue weighted by Gasteiger charge is 2.31. The molecule has 33 heavy (non-hydrogen) atoms. The maximum Gasteiger partial charge on any atom is 0.416 e. The van der Waals surface area contributed by atoms with Gasteiger partial charge < -0.3 is 21.3 Å². The third-order valence-electron chi connectivity index (χ3n) is 5.44. The van der Waals surface area contributed by atoms with Gasteiger partial charge in [-0.3, -0.25) is 4.40 Å². The highest BCUT2D eigenvalue weighted by molar-refractivity contribution is 5.87. The molecule has 0 saturated heterocycles. The van der Waals surface area contributed by atoms with E-state index < -0.39 is 11.7 Å². The number of unbranched alkanes of at least 4 members (excludes halogenated alkanes) is 3. The number of hydrogen-bond acceptors (Lipinski definition) is 6. The van der Waals surface area contributed by atoms with Gasteiger partial charge in [-0.25, -0.2) is 9.97 Å². The topological polar surface area (TPSA) is 109 Å². The third-order valence-corrected chi connectivity index (χ3v) is 5.44. The molecule has 10 heteroatoms. The van der Waals surface area contributed by atoms with Crippen LogP contribution < -0.4 is 11.1 Å². The summed E-state index contributed by atoms with van der Waals surface area (Å²) in [6.45, 7) is 1.28. The fraction of sp³-hybridized carbons (Fsp3) is 0.304. The van der Waals surface area contributed by atoms with Crippen LogP contribution in [0.1, 0.15) is 31.2 Å². The number of benzene rings is 2. The molecular formula is C23H24F3N5O2. The van der Waals surface area contributed by atoms with Crippen molar-refractivity contribution in [1.82, 2.24) is 14.4 Å². The fourth-order valence-corrected chi connectivity index (χ4v) is 3.74. The summed E-state index contributed by atoms with van der Waals surface area (Å²) in [6, 6.07) is 7.58. The van der Waals surface area contributed by atoms with Gasteiger partial charge in [0.15, 0.2) is 23.0 Å². The second-order valence-corrected chi connectivity index (χ2v) is 7.80. The van der Waals surface area contributed by atoms with Gasteiger partial charge in [0.2, 0.25) is 0 Å². The summed E-state index contributed by atoms with van der Waals surface area (Å²) in [5.74, 6) is -0.182. The Morgan fingerprint density at radius 2 is 1.76 bits per heavy atom. The average molecular weight is 459 g/mol. The van der Waals surface area contributed by atoms with Gasteiger partial charge in [-0.15, -0.1) is 0 Å². The SMILES string of the molecule is NCCCCCCNc1nc2ccc(C(F)(F)F)cc2n2c(-c3ccc(O)c(O)c3)cnc12. The van der Waals surface area contributed by atoms with E-state index in [2.05, 4.69) is 15.3 Å². The number of aromatic nitrogens is 3. The number of nitrogens with two attached hydrogens (primary N) is 1. The quantitative estimate of drug-likeness (QED) is 0.220. The lowest BCUT2D eigenvalue weighted by molar-refractivity contribution is -0.137. The Balaban J connectivity index is 1.83. The molecule has 2 aromatic carbocycles. The van der Waals surface area contributed by atoms with Crippen molar-refractivity contribution in [3.63, 3.8) is 0 Å². The number of phenols is 2. The fourth-order valence-electron chi connectivity index (χ4n) is 3.74. The van der Waals surface area contributed by atoms with Crippen LogP contribution in [0.25, 0.3) is 27.9 Å². The Bertz CT molecular complexity index is 1290. The van der Waals surface area contributed by atoms with E-state index >= 15 is 0 Å². The monoisotopic (exact) mass is 459 g/mol. The van der Waals surface area contributed by atoms with Crippen LogP contribution in [0.2, 0.25) is 0 Å². The van der Waals surface area contributed by atoms with Crippen LogP contribution in [0.5, 0.6) is 11.5 Å². The number of nitrogens with one attached hydrogen (secondary N) is 1. The number of phenolic OH excluding ortho intramolecular Hbond substituents is 2. The molecule has 4 rings (SSSR count). The number of aromatic hydroxyl groups is 2. The molecule has 2 aromatic heterocycles. The Hall–Kier alpha value is -3.53. The van der Waals surface area contributed by atoms with Crippen LogP contribution in [0.4, 0.5) is 19.0 Å². The maximum absolute atomic E-state index is 13.4. The van der Waals surface area contributed by atoms with Gasteiger partial charge in [-0.05, 0) is 55.8 Å². The maximum atomic E-state index is 13.4. The highest BCUT2D eigenvalue weighted by Crippen LogP contribution is 2.36. The number of halogens is 3. The lowest BCUT2D eigenvalue weighted by Crippen LogP contribution is -2.09. The van der Waals surface area contributed by atoms with E-state index in [9.17, 15) is 23.4 Å². The van der Waals surface area contributed by atoms with Crippen molar-refractivity contribution in [3.8, 4) is 22.8 Å². The molecule has 0 radical (unpaired) electrons. The first-order chi connectivity index (χ1) is 15.8. The zero-order valence-corrected chi connectivity index (χ0v) is 17.7. The largest absolute Gasteiger partial charge is 0.504 e. The smallest absolute Gasteiger partial charge is 0.416 e. The second kappa shape index (κ2) is 9.14. The van der Waals surface area contributed by atoms with Crippen LogP contribution in [-0.2, 0) is 6.18 Å². The lowest BCUT2D eigenvalue weighted by Gasteiger charge is -2.14. The molecule has 0 spiro atoms. The van der Waals surface area contributed by atoms with Crippen LogP contribution in [0.3, 0.4) is 0 Å². The highest BCUT2D eigenvalue weighted by atomic mass is 19.4. The van der Waals surface area contributed by atoms with Crippen molar-refractivity contribution in [2.75, 3.05) is 18.4 Å². The Morgan fingerprint density at radius 1 is 0.970 bits per heavy atom. The number of anilines is 1. The molecule has 0 aliphatic heterocycles. The third kappa shape index (κ3) is 4.65. The van der Waals surface area contributed by atoms with Gasteiger partial charge in [0, 0.05) is 12.1 Å². The number of alkyl halides is 3. The van der Waals surface area contributed by atoms with E-state index in [0.29, 0.717) is 41.3 Å². The number of hydrogen-bond donors (Lipinski definition) is 4. The predicted octanol–water partition coefficient (Wildman–Crippen LogP) is 4.91. The van der Waals surface area contributed by atoms with Crippen molar-refractivity contribution in [3.05, 3.63) is 48.2 Å². The number of fused-ring (bicyclic) bond motifs is 3. The van der Waals surface area contributed by atoms with Crippen molar-refractivity contribution in [1.29, 1.82) is 0 Å². The van der Waals surface area contributed by atoms with E-state index in [-0.39, 0.29) is 17.0 Å². The summed E-state index contributed by atoms with van der Waals surface area (Å²) in [7, 11) is 0. The predicted molar refractivity (Wildman–Crippen MR) is 120 cm³/mol. The van der Waals surface area contributed by atoms with Crippen molar-refractivity contribution in [2.24, 2.45) is 5.73 Å². The minimum absolute atomic E-state index is 0.230. The van der Waals surface area contributed by atoms with E-state index in [1.807, 2.05) is 0 Å². The number of imidazole rings is 1. The van der Waals surface area contributed by atoms with Crippen LogP contribution in [0.15, 0.2) is 42.6 Å². The number of nitrogens with zero attached hydrogens (tertiary/aromatic N) is 3. The molecule has 0 fully saturated rings. The molecule has 0 aliphatic carbocycles. The van der Waals surface area contributed by atoms with Gasteiger partial charge in [-0.2, -0.15) is 13.2 Å². The van der Waals surface area contributed by atoms with E-state index in [0.717, 1.165) is 37.8 Å². The summed E-state index contributed by atoms with van der Waals surface area (Å²) in [5, 5.41) is 22.8. The van der Waals surface area contributed by atoms with E-state index in [4.69, 9.17) is 5.73 Å². The van der Waals surface area contributed by atoms with E-state index in [1.165, 1.54) is 24.4 Å². The summed E-state index contributed by atoms with van der Waals surface area (Å²) < 4.78 is 41.8. The van der Waals surface area contributed by atoms with Gasteiger partial charge in [0.05, 0.1) is 28.5 Å². The molecule has 0 amide bonds. The molecular weight excluding hydrogens is 435 g/mol. The summed E-state index contributed by atoms with van der Waals surface area (Å²) >= 11 is 0. The number of rotatable bonds is 8. The zero-order chi connectivity index (χ0) is 23.6. The van der Waals surface area contributed by atoms with Crippen molar-refractivity contribution < 1.29 is 23.4 Å². The zero-order valence-electron chi connectivity index (χ0n) is 17.7. The lowest BCUT2D eigenvalue weighted by atomic mass is 10.1. The molecule has 5 N–H and O–H groups in total. The summed E-state index contributed by atoms with van der Waals surface area (Å²) in [5.41, 5.74) is 6.62. The summed E-state index contributed by atoms with van der Waals surface area (Å²) in [4.78, 5) is 8.94. The molecule has 7 nitrogen and oxygen atoms in total. The molecule has 0 atom stereocenters. The first-order valence-corrected chi connectivity index (χ1v) is 10.6. The minimum Gasteiger partial charge on any atom is -0.504 e. The minimum atomic E-state index is -4.52. The van der Waals surface area contributed by atoms with Crippen LogP contribution in [0, 0.1) is 0 Å². The first kappa shape index (κ1) is 22.7. The van der Waals surface area contributed by atoms with Gasteiger partial charge in [0.25, 0.3) is 0 Å². The van der Waals surface area contributed by atoms with Gasteiger partial charge in [-0.1, -0.05) is 12.8 Å². The Labute approximate surface area is 187 Å².